The largest absolute Gasteiger partial charge is 0.384 e. The minimum absolute atomic E-state index is 0.0239. The predicted octanol–water partition coefficient (Wildman–Crippen LogP) is 4.08. The molecule has 0 spiro atoms. The predicted molar refractivity (Wildman–Crippen MR) is 86.6 cm³/mol. The van der Waals surface area contributed by atoms with Crippen molar-refractivity contribution in [1.82, 2.24) is 0 Å². The number of nitrogens with one attached hydrogen (secondary N) is 1. The third-order valence-electron chi connectivity index (χ3n) is 2.70. The Labute approximate surface area is 129 Å². The molecular weight excluding hydrogens is 346 g/mol. The number of anilines is 1. The van der Waals surface area contributed by atoms with E-state index in [1.807, 2.05) is 19.2 Å². The summed E-state index contributed by atoms with van der Waals surface area (Å²) in [5, 5.41) is 10.3. The van der Waals surface area contributed by atoms with Crippen LogP contribution in [0.3, 0.4) is 0 Å². The molecule has 0 amide bonds. The van der Waals surface area contributed by atoms with Crippen molar-refractivity contribution in [3.63, 3.8) is 0 Å². The first-order valence-electron chi connectivity index (χ1n) is 5.55. The average Bonchev–Trinajstić information content (AvgIpc) is 2.74. The van der Waals surface area contributed by atoms with Crippen LogP contribution in [-0.2, 0) is 6.54 Å². The molecule has 0 unspecified atom stereocenters. The van der Waals surface area contributed by atoms with Crippen LogP contribution in [-0.4, -0.2) is 12.9 Å². The maximum atomic E-state index is 7.64. The molecule has 6 heteroatoms. The number of hydrogen-bond acceptors (Lipinski definition) is 3. The lowest BCUT2D eigenvalue weighted by atomic mass is 10.1. The van der Waals surface area contributed by atoms with E-state index in [9.17, 15) is 0 Å². The van der Waals surface area contributed by atoms with E-state index in [4.69, 9.17) is 22.7 Å². The second-order valence-electron chi connectivity index (χ2n) is 4.19. The molecule has 2 rings (SSSR count). The van der Waals surface area contributed by atoms with Crippen molar-refractivity contribution in [3.05, 3.63) is 49.6 Å². The van der Waals surface area contributed by atoms with Gasteiger partial charge in [-0.05, 0) is 51.1 Å². The van der Waals surface area contributed by atoms with E-state index >= 15 is 0 Å². The summed E-state index contributed by atoms with van der Waals surface area (Å²) in [4.78, 5) is 2.06. The molecule has 19 heavy (non-hydrogen) atoms. The summed E-state index contributed by atoms with van der Waals surface area (Å²) in [5.41, 5.74) is 8.38. The van der Waals surface area contributed by atoms with Crippen LogP contribution in [0.2, 0.25) is 5.02 Å². The number of nitrogen functional groups attached to an aromatic ring is 1. The molecule has 0 aliphatic heterocycles. The zero-order valence-electron chi connectivity index (χ0n) is 10.3. The summed E-state index contributed by atoms with van der Waals surface area (Å²) in [6.45, 7) is 0.754. The molecule has 3 nitrogen and oxygen atoms in total. The Morgan fingerprint density at radius 1 is 1.47 bits per heavy atom. The van der Waals surface area contributed by atoms with Crippen molar-refractivity contribution in [2.45, 2.75) is 6.54 Å². The highest BCUT2D eigenvalue weighted by Gasteiger charge is 2.11. The van der Waals surface area contributed by atoms with Gasteiger partial charge in [0.15, 0.2) is 0 Å². The van der Waals surface area contributed by atoms with Crippen LogP contribution < -0.4 is 10.6 Å². The van der Waals surface area contributed by atoms with Crippen molar-refractivity contribution in [1.29, 1.82) is 5.41 Å². The number of rotatable bonds is 4. The first kappa shape index (κ1) is 14.4. The summed E-state index contributed by atoms with van der Waals surface area (Å²) in [6.07, 6.45) is 0. The number of nitrogens with two attached hydrogens (primary N) is 1. The zero-order chi connectivity index (χ0) is 14.0. The lowest BCUT2D eigenvalue weighted by Crippen LogP contribution is -2.21. The number of nitrogens with zero attached hydrogens (tertiary/aromatic N) is 1. The first-order chi connectivity index (χ1) is 8.97. The number of benzene rings is 1. The normalized spacial score (nSPS) is 10.5. The van der Waals surface area contributed by atoms with Crippen LogP contribution in [0.5, 0.6) is 0 Å². The van der Waals surface area contributed by atoms with Crippen molar-refractivity contribution in [3.8, 4) is 0 Å². The molecule has 0 bridgehead atoms. The SMILES string of the molecule is CN(Cc1csc(Br)c1)c1ccc(Cl)cc1C(=N)N. The van der Waals surface area contributed by atoms with Crippen LogP contribution in [0.15, 0.2) is 33.4 Å². The second kappa shape index (κ2) is 5.94. The van der Waals surface area contributed by atoms with Gasteiger partial charge >= 0.3 is 0 Å². The number of halogens is 2. The van der Waals surface area contributed by atoms with Gasteiger partial charge in [0.1, 0.15) is 5.84 Å². The van der Waals surface area contributed by atoms with E-state index in [1.165, 1.54) is 5.56 Å². The van der Waals surface area contributed by atoms with Gasteiger partial charge in [-0.1, -0.05) is 11.6 Å². The fourth-order valence-corrected chi connectivity index (χ4v) is 3.22. The lowest BCUT2D eigenvalue weighted by Gasteiger charge is -2.21. The first-order valence-corrected chi connectivity index (χ1v) is 7.60. The molecule has 0 atom stereocenters. The van der Waals surface area contributed by atoms with Gasteiger partial charge in [-0.15, -0.1) is 11.3 Å². The van der Waals surface area contributed by atoms with Gasteiger partial charge in [0.05, 0.1) is 3.79 Å². The van der Waals surface area contributed by atoms with Crippen LogP contribution in [0.4, 0.5) is 5.69 Å². The molecule has 1 aromatic heterocycles. The van der Waals surface area contributed by atoms with E-state index in [0.29, 0.717) is 10.6 Å². The van der Waals surface area contributed by atoms with Crippen molar-refractivity contribution in [2.75, 3.05) is 11.9 Å². The molecule has 100 valence electrons. The molecule has 0 aliphatic carbocycles. The van der Waals surface area contributed by atoms with Gasteiger partial charge < -0.3 is 10.6 Å². The standard InChI is InChI=1S/C13H13BrClN3S/c1-18(6-8-4-12(14)19-7-8)11-3-2-9(15)5-10(11)13(16)17/h2-5,7H,6H2,1H3,(H3,16,17). The third kappa shape index (κ3) is 3.49. The van der Waals surface area contributed by atoms with E-state index in [-0.39, 0.29) is 5.84 Å². The topological polar surface area (TPSA) is 53.1 Å². The third-order valence-corrected chi connectivity index (χ3v) is 4.49. The fraction of sp³-hybridized carbons (Fsp3) is 0.154. The molecular formula is C13H13BrClN3S. The van der Waals surface area contributed by atoms with Gasteiger partial charge in [-0.25, -0.2) is 0 Å². The van der Waals surface area contributed by atoms with Crippen LogP contribution in [0.25, 0.3) is 0 Å². The Kier molecular flexibility index (Phi) is 4.50. The molecule has 3 N–H and O–H groups in total. The highest BCUT2D eigenvalue weighted by Crippen LogP contribution is 2.26. The molecule has 0 fully saturated rings. The van der Waals surface area contributed by atoms with Crippen LogP contribution in [0.1, 0.15) is 11.1 Å². The molecule has 1 heterocycles. The Morgan fingerprint density at radius 3 is 2.79 bits per heavy atom. The van der Waals surface area contributed by atoms with Gasteiger partial charge in [-0.3, -0.25) is 5.41 Å². The van der Waals surface area contributed by atoms with Gasteiger partial charge in [0, 0.05) is 29.9 Å². The minimum Gasteiger partial charge on any atom is -0.384 e. The molecule has 0 aliphatic rings. The Morgan fingerprint density at radius 2 is 2.21 bits per heavy atom. The summed E-state index contributed by atoms with van der Waals surface area (Å²) in [5.74, 6) is 0.0239. The highest BCUT2D eigenvalue weighted by molar-refractivity contribution is 9.11. The highest BCUT2D eigenvalue weighted by atomic mass is 79.9. The quantitative estimate of drug-likeness (QED) is 0.639. The maximum Gasteiger partial charge on any atom is 0.124 e. The van der Waals surface area contributed by atoms with Crippen molar-refractivity contribution >= 4 is 50.4 Å². The fourth-order valence-electron chi connectivity index (χ4n) is 1.84. The van der Waals surface area contributed by atoms with Crippen molar-refractivity contribution in [2.24, 2.45) is 5.73 Å². The van der Waals surface area contributed by atoms with Crippen LogP contribution >= 0.6 is 38.9 Å². The number of amidine groups is 1. The smallest absolute Gasteiger partial charge is 0.124 e. The lowest BCUT2D eigenvalue weighted by molar-refractivity contribution is 0.925. The van der Waals surface area contributed by atoms with E-state index < -0.39 is 0 Å². The van der Waals surface area contributed by atoms with Crippen molar-refractivity contribution < 1.29 is 0 Å². The Hall–Kier alpha value is -1.04. The monoisotopic (exact) mass is 357 g/mol. The van der Waals surface area contributed by atoms with Gasteiger partial charge in [0.2, 0.25) is 0 Å². The average molecular weight is 359 g/mol. The molecule has 0 radical (unpaired) electrons. The van der Waals surface area contributed by atoms with E-state index in [2.05, 4.69) is 32.3 Å². The molecule has 2 aromatic rings. The van der Waals surface area contributed by atoms with Gasteiger partial charge in [0.25, 0.3) is 0 Å². The molecule has 0 saturated carbocycles. The van der Waals surface area contributed by atoms with E-state index in [0.717, 1.165) is 16.0 Å². The Bertz CT molecular complexity index is 612. The number of hydrogen-bond donors (Lipinski definition) is 2. The maximum absolute atomic E-state index is 7.64. The summed E-state index contributed by atoms with van der Waals surface area (Å²) in [6, 6.07) is 7.51. The molecule has 0 saturated heterocycles. The summed E-state index contributed by atoms with van der Waals surface area (Å²) < 4.78 is 1.11. The van der Waals surface area contributed by atoms with Gasteiger partial charge in [-0.2, -0.15) is 0 Å². The Balaban J connectivity index is 2.28. The zero-order valence-corrected chi connectivity index (χ0v) is 13.4. The van der Waals surface area contributed by atoms with Crippen LogP contribution in [0, 0.1) is 5.41 Å². The summed E-state index contributed by atoms with van der Waals surface area (Å²) >= 11 is 11.1. The minimum atomic E-state index is 0.0239. The number of thiophene rings is 1. The van der Waals surface area contributed by atoms with E-state index in [1.54, 1.807) is 17.4 Å². The second-order valence-corrected chi connectivity index (χ2v) is 6.92. The molecule has 1 aromatic carbocycles. The summed E-state index contributed by atoms with van der Waals surface area (Å²) in [7, 11) is 1.97.